The van der Waals surface area contributed by atoms with Crippen LogP contribution in [0.1, 0.15) is 31.9 Å². The van der Waals surface area contributed by atoms with Gasteiger partial charge in [-0.05, 0) is 12.5 Å². The monoisotopic (exact) mass is 221 g/mol. The third-order valence-electron chi connectivity index (χ3n) is 3.10. The molecule has 1 aliphatic carbocycles. The Hall–Kier alpha value is -1.38. The summed E-state index contributed by atoms with van der Waals surface area (Å²) in [6.45, 7) is 3.45. The molecule has 1 amide bonds. The third-order valence-corrected chi connectivity index (χ3v) is 3.10. The van der Waals surface area contributed by atoms with Crippen LogP contribution < -0.4 is 0 Å². The number of benzene rings is 1. The van der Waals surface area contributed by atoms with Gasteiger partial charge < -0.3 is 4.90 Å². The fourth-order valence-electron chi connectivity index (χ4n) is 2.13. The van der Waals surface area contributed by atoms with Crippen molar-refractivity contribution in [3.63, 3.8) is 0 Å². The molecule has 0 heterocycles. The second kappa shape index (κ2) is 4.24. The molecule has 2 rings (SSSR count). The molecule has 0 aliphatic heterocycles. The van der Waals surface area contributed by atoms with Crippen molar-refractivity contribution in [2.75, 3.05) is 0 Å². The quantitative estimate of drug-likeness (QED) is 0.768. The largest absolute Gasteiger partial charge is 0.330 e. The van der Waals surface area contributed by atoms with Gasteiger partial charge in [0.15, 0.2) is 0 Å². The molecule has 1 aromatic rings. The van der Waals surface area contributed by atoms with Gasteiger partial charge in [0.1, 0.15) is 6.17 Å². The molecular formula is C13H16FNO. The summed E-state index contributed by atoms with van der Waals surface area (Å²) in [5.74, 6) is -0.0542. The predicted molar refractivity (Wildman–Crippen MR) is 60.7 cm³/mol. The van der Waals surface area contributed by atoms with Crippen molar-refractivity contribution >= 4 is 5.91 Å². The van der Waals surface area contributed by atoms with Gasteiger partial charge in [0, 0.05) is 13.3 Å². The second-order valence-corrected chi connectivity index (χ2v) is 4.33. The van der Waals surface area contributed by atoms with E-state index in [1.807, 2.05) is 37.3 Å². The third kappa shape index (κ3) is 2.08. The molecule has 0 radical (unpaired) electrons. The van der Waals surface area contributed by atoms with Crippen LogP contribution in [0, 0.1) is 0 Å². The van der Waals surface area contributed by atoms with Crippen molar-refractivity contribution in [3.05, 3.63) is 35.9 Å². The predicted octanol–water partition coefficient (Wildman–Crippen LogP) is 2.71. The average Bonchev–Trinajstić information content (AvgIpc) is 2.96. The molecule has 2 nitrogen and oxygen atoms in total. The first kappa shape index (κ1) is 11.1. The Morgan fingerprint density at radius 1 is 1.44 bits per heavy atom. The minimum Gasteiger partial charge on any atom is -0.330 e. The minimum atomic E-state index is -0.838. The van der Waals surface area contributed by atoms with Crippen LogP contribution in [0.3, 0.4) is 0 Å². The Morgan fingerprint density at radius 2 is 2.00 bits per heavy atom. The summed E-state index contributed by atoms with van der Waals surface area (Å²) in [5, 5.41) is 0. The smallest absolute Gasteiger partial charge is 0.220 e. The van der Waals surface area contributed by atoms with Crippen LogP contribution in [0.15, 0.2) is 30.3 Å². The van der Waals surface area contributed by atoms with Crippen LogP contribution >= 0.6 is 0 Å². The number of alkyl halides is 1. The number of hydrogen-bond donors (Lipinski definition) is 0. The van der Waals surface area contributed by atoms with Crippen LogP contribution in [0.25, 0.3) is 0 Å². The van der Waals surface area contributed by atoms with Crippen molar-refractivity contribution in [3.8, 4) is 0 Å². The van der Waals surface area contributed by atoms with E-state index in [9.17, 15) is 9.18 Å². The molecule has 0 spiro atoms. The van der Waals surface area contributed by atoms with Crippen molar-refractivity contribution in [2.45, 2.75) is 38.5 Å². The summed E-state index contributed by atoms with van der Waals surface area (Å²) in [6.07, 6.45) is -0.355. The average molecular weight is 221 g/mol. The molecule has 3 atom stereocenters. The van der Waals surface area contributed by atoms with E-state index in [1.165, 1.54) is 6.92 Å². The molecule has 0 bridgehead atoms. The zero-order valence-corrected chi connectivity index (χ0v) is 9.56. The van der Waals surface area contributed by atoms with Crippen LogP contribution in [0.4, 0.5) is 4.39 Å². The van der Waals surface area contributed by atoms with Gasteiger partial charge in [-0.15, -0.1) is 0 Å². The molecular weight excluding hydrogens is 205 g/mol. The Balaban J connectivity index is 2.18. The maximum Gasteiger partial charge on any atom is 0.220 e. The number of rotatable bonds is 3. The van der Waals surface area contributed by atoms with E-state index in [-0.39, 0.29) is 18.0 Å². The van der Waals surface area contributed by atoms with Gasteiger partial charge in [0.2, 0.25) is 5.91 Å². The molecule has 1 aromatic carbocycles. The molecule has 0 N–H and O–H groups in total. The number of nitrogens with zero attached hydrogens (tertiary/aromatic N) is 1. The zero-order chi connectivity index (χ0) is 11.7. The summed E-state index contributed by atoms with van der Waals surface area (Å²) in [6, 6.07) is 9.47. The van der Waals surface area contributed by atoms with Gasteiger partial charge in [-0.3, -0.25) is 4.79 Å². The first-order valence-corrected chi connectivity index (χ1v) is 5.59. The van der Waals surface area contributed by atoms with E-state index in [2.05, 4.69) is 0 Å². The summed E-state index contributed by atoms with van der Waals surface area (Å²) in [4.78, 5) is 13.2. The Labute approximate surface area is 95.1 Å². The normalized spacial score (nSPS) is 24.9. The minimum absolute atomic E-state index is 0.0514. The van der Waals surface area contributed by atoms with Crippen molar-refractivity contribution in [1.82, 2.24) is 4.90 Å². The molecule has 16 heavy (non-hydrogen) atoms. The molecule has 1 fully saturated rings. The summed E-state index contributed by atoms with van der Waals surface area (Å²) in [7, 11) is 0. The first-order chi connectivity index (χ1) is 7.61. The van der Waals surface area contributed by atoms with E-state index in [1.54, 1.807) is 4.90 Å². The molecule has 3 heteroatoms. The van der Waals surface area contributed by atoms with E-state index in [4.69, 9.17) is 0 Å². The molecule has 1 saturated carbocycles. The Kier molecular flexibility index (Phi) is 2.95. The first-order valence-electron chi connectivity index (χ1n) is 5.59. The highest BCUT2D eigenvalue weighted by molar-refractivity contribution is 5.74. The second-order valence-electron chi connectivity index (χ2n) is 4.33. The van der Waals surface area contributed by atoms with Crippen LogP contribution in [-0.4, -0.2) is 23.0 Å². The maximum absolute atomic E-state index is 13.1. The van der Waals surface area contributed by atoms with Gasteiger partial charge in [-0.2, -0.15) is 0 Å². The molecule has 0 unspecified atom stereocenters. The van der Waals surface area contributed by atoms with Gasteiger partial charge >= 0.3 is 0 Å². The summed E-state index contributed by atoms with van der Waals surface area (Å²) in [5.41, 5.74) is 1.05. The SMILES string of the molecule is CC(=O)N([C@H](C)c1ccccc1)[C@@H]1C[C@H]1F. The lowest BCUT2D eigenvalue weighted by molar-refractivity contribution is -0.132. The fourth-order valence-corrected chi connectivity index (χ4v) is 2.13. The van der Waals surface area contributed by atoms with Crippen LogP contribution in [-0.2, 0) is 4.79 Å². The Morgan fingerprint density at radius 3 is 2.44 bits per heavy atom. The Bertz CT molecular complexity index is 379. The van der Waals surface area contributed by atoms with Gasteiger partial charge in [-0.25, -0.2) is 4.39 Å². The molecule has 0 saturated heterocycles. The fraction of sp³-hybridized carbons (Fsp3) is 0.462. The van der Waals surface area contributed by atoms with Crippen molar-refractivity contribution in [2.24, 2.45) is 0 Å². The van der Waals surface area contributed by atoms with Crippen molar-refractivity contribution in [1.29, 1.82) is 0 Å². The van der Waals surface area contributed by atoms with Gasteiger partial charge in [0.05, 0.1) is 12.1 Å². The topological polar surface area (TPSA) is 20.3 Å². The number of carbonyl (C=O) groups excluding carboxylic acids is 1. The van der Waals surface area contributed by atoms with E-state index in [0.717, 1.165) is 5.56 Å². The lowest BCUT2D eigenvalue weighted by Gasteiger charge is -2.28. The standard InChI is InChI=1S/C13H16FNO/c1-9(11-6-4-3-5-7-11)15(10(2)16)13-8-12(13)14/h3-7,9,12-13H,8H2,1-2H3/t9-,12-,13-/m1/s1. The number of carbonyl (C=O) groups is 1. The summed E-state index contributed by atoms with van der Waals surface area (Å²) >= 11 is 0. The van der Waals surface area contributed by atoms with Gasteiger partial charge in [0.25, 0.3) is 0 Å². The molecule has 86 valence electrons. The zero-order valence-electron chi connectivity index (χ0n) is 9.56. The van der Waals surface area contributed by atoms with Gasteiger partial charge in [-0.1, -0.05) is 30.3 Å². The van der Waals surface area contributed by atoms with E-state index in [0.29, 0.717) is 6.42 Å². The van der Waals surface area contributed by atoms with Crippen molar-refractivity contribution < 1.29 is 9.18 Å². The molecule has 0 aromatic heterocycles. The van der Waals surface area contributed by atoms with Crippen LogP contribution in [0.2, 0.25) is 0 Å². The summed E-state index contributed by atoms with van der Waals surface area (Å²) < 4.78 is 13.1. The highest BCUT2D eigenvalue weighted by Gasteiger charge is 2.45. The lowest BCUT2D eigenvalue weighted by atomic mass is 10.1. The highest BCUT2D eigenvalue weighted by Crippen LogP contribution is 2.36. The van der Waals surface area contributed by atoms with E-state index < -0.39 is 6.17 Å². The lowest BCUT2D eigenvalue weighted by Crippen LogP contribution is -2.34. The maximum atomic E-state index is 13.1. The number of hydrogen-bond acceptors (Lipinski definition) is 1. The molecule has 1 aliphatic rings. The van der Waals surface area contributed by atoms with E-state index >= 15 is 0 Å². The number of halogens is 1. The number of amides is 1. The van der Waals surface area contributed by atoms with Crippen LogP contribution in [0.5, 0.6) is 0 Å². The highest BCUT2D eigenvalue weighted by atomic mass is 19.1.